The van der Waals surface area contributed by atoms with Gasteiger partial charge in [-0.2, -0.15) is 5.10 Å². The van der Waals surface area contributed by atoms with Gasteiger partial charge < -0.3 is 15.0 Å². The van der Waals surface area contributed by atoms with Crippen molar-refractivity contribution in [1.29, 1.82) is 0 Å². The number of hydrogen-bond acceptors (Lipinski definition) is 6. The summed E-state index contributed by atoms with van der Waals surface area (Å²) in [6, 6.07) is 12.2. The van der Waals surface area contributed by atoms with Gasteiger partial charge in [0.1, 0.15) is 5.75 Å². The minimum atomic E-state index is 0.150. The van der Waals surface area contributed by atoms with Crippen molar-refractivity contribution in [3.63, 3.8) is 0 Å². The number of methoxy groups -OCH3 is 1. The molecule has 4 heterocycles. The minimum Gasteiger partial charge on any atom is -0.495 e. The lowest BCUT2D eigenvalue weighted by Crippen LogP contribution is -2.36. The van der Waals surface area contributed by atoms with Gasteiger partial charge in [0.25, 0.3) is 0 Å². The summed E-state index contributed by atoms with van der Waals surface area (Å²) in [5.74, 6) is 1.80. The van der Waals surface area contributed by atoms with E-state index in [1.807, 2.05) is 59.2 Å². The summed E-state index contributed by atoms with van der Waals surface area (Å²) in [6.45, 7) is 5.23. The molecule has 0 bridgehead atoms. The average Bonchev–Trinajstić information content (AvgIpc) is 3.29. The molecule has 1 saturated heterocycles. The number of carbonyl (C=O) groups is 1. The van der Waals surface area contributed by atoms with E-state index in [1.165, 1.54) is 5.56 Å². The van der Waals surface area contributed by atoms with E-state index in [9.17, 15) is 4.79 Å². The van der Waals surface area contributed by atoms with Crippen LogP contribution in [0.4, 0.5) is 11.6 Å². The molecule has 0 aliphatic carbocycles. The third-order valence-electron chi connectivity index (χ3n) is 6.54. The predicted octanol–water partition coefficient (Wildman–Crippen LogP) is 4.58. The summed E-state index contributed by atoms with van der Waals surface area (Å²) in [5, 5.41) is 7.77. The summed E-state index contributed by atoms with van der Waals surface area (Å²) >= 11 is 0. The van der Waals surface area contributed by atoms with Gasteiger partial charge in [0.2, 0.25) is 11.9 Å². The van der Waals surface area contributed by atoms with E-state index in [0.717, 1.165) is 59.7 Å². The lowest BCUT2D eigenvalue weighted by molar-refractivity contribution is -0.129. The third kappa shape index (κ3) is 4.19. The highest BCUT2D eigenvalue weighted by molar-refractivity contribution is 5.80. The van der Waals surface area contributed by atoms with Crippen LogP contribution in [0.1, 0.15) is 36.8 Å². The van der Waals surface area contributed by atoms with Crippen molar-refractivity contribution >= 4 is 23.1 Å². The number of ether oxygens (including phenoxy) is 1. The number of piperidine rings is 1. The minimum absolute atomic E-state index is 0.150. The fourth-order valence-corrected chi connectivity index (χ4v) is 4.61. The van der Waals surface area contributed by atoms with Gasteiger partial charge in [-0.15, -0.1) is 0 Å². The van der Waals surface area contributed by atoms with E-state index in [1.54, 1.807) is 14.0 Å². The Labute approximate surface area is 198 Å². The molecule has 0 spiro atoms. The average molecular weight is 457 g/mol. The van der Waals surface area contributed by atoms with Crippen LogP contribution in [0, 0.1) is 6.92 Å². The first-order chi connectivity index (χ1) is 16.5. The van der Waals surface area contributed by atoms with Crippen molar-refractivity contribution < 1.29 is 9.53 Å². The molecule has 3 aromatic heterocycles. The maximum Gasteiger partial charge on any atom is 0.227 e. The van der Waals surface area contributed by atoms with Crippen LogP contribution < -0.4 is 10.1 Å². The highest BCUT2D eigenvalue weighted by Crippen LogP contribution is 2.35. The summed E-state index contributed by atoms with van der Waals surface area (Å²) in [5.41, 5.74) is 5.80. The summed E-state index contributed by atoms with van der Waals surface area (Å²) in [7, 11) is 1.67. The van der Waals surface area contributed by atoms with Gasteiger partial charge in [-0.25, -0.2) is 14.5 Å². The molecule has 1 aliphatic heterocycles. The number of hydrogen-bond donors (Lipinski definition) is 1. The SMILES string of the molecule is COc1cc(C2CCN(C(C)=O)CC2)ccc1Nc1ncc(C)c(-c2cnn3ccccc23)n1. The zero-order valence-corrected chi connectivity index (χ0v) is 19.7. The molecule has 0 radical (unpaired) electrons. The van der Waals surface area contributed by atoms with E-state index in [4.69, 9.17) is 9.72 Å². The van der Waals surface area contributed by atoms with Gasteiger partial charge in [-0.1, -0.05) is 12.1 Å². The van der Waals surface area contributed by atoms with Gasteiger partial charge in [-0.3, -0.25) is 4.79 Å². The zero-order chi connectivity index (χ0) is 23.7. The van der Waals surface area contributed by atoms with Crippen LogP contribution in [0.25, 0.3) is 16.8 Å². The first-order valence-corrected chi connectivity index (χ1v) is 11.5. The number of nitrogens with one attached hydrogen (secondary N) is 1. The highest BCUT2D eigenvalue weighted by atomic mass is 16.5. The van der Waals surface area contributed by atoms with Crippen LogP contribution >= 0.6 is 0 Å². The number of anilines is 2. The molecule has 1 aromatic carbocycles. The van der Waals surface area contributed by atoms with Gasteiger partial charge >= 0.3 is 0 Å². The largest absolute Gasteiger partial charge is 0.495 e. The molecule has 174 valence electrons. The molecule has 1 N–H and O–H groups in total. The molecule has 1 aliphatic rings. The van der Waals surface area contributed by atoms with Crippen LogP contribution in [0.15, 0.2) is 55.0 Å². The van der Waals surface area contributed by atoms with Crippen molar-refractivity contribution in [3.8, 4) is 17.0 Å². The van der Waals surface area contributed by atoms with E-state index >= 15 is 0 Å². The van der Waals surface area contributed by atoms with Crippen molar-refractivity contribution in [3.05, 3.63) is 66.1 Å². The van der Waals surface area contributed by atoms with Crippen LogP contribution in [0.2, 0.25) is 0 Å². The lowest BCUT2D eigenvalue weighted by atomic mass is 9.89. The second-order valence-electron chi connectivity index (χ2n) is 8.68. The molecule has 8 heteroatoms. The summed E-state index contributed by atoms with van der Waals surface area (Å²) in [6.07, 6.45) is 7.49. The number of amides is 1. The number of likely N-dealkylation sites (tertiary alicyclic amines) is 1. The number of pyridine rings is 1. The quantitative estimate of drug-likeness (QED) is 0.473. The van der Waals surface area contributed by atoms with Crippen LogP contribution in [-0.4, -0.2) is 50.6 Å². The monoisotopic (exact) mass is 456 g/mol. The molecular formula is C26H28N6O2. The van der Waals surface area contributed by atoms with Crippen LogP contribution in [0.5, 0.6) is 5.75 Å². The Hall–Kier alpha value is -3.94. The van der Waals surface area contributed by atoms with Crippen molar-refractivity contribution in [2.75, 3.05) is 25.5 Å². The summed E-state index contributed by atoms with van der Waals surface area (Å²) < 4.78 is 7.54. The molecule has 0 saturated carbocycles. The van der Waals surface area contributed by atoms with Crippen LogP contribution in [0.3, 0.4) is 0 Å². The molecule has 0 atom stereocenters. The maximum absolute atomic E-state index is 11.6. The fraction of sp³-hybridized carbons (Fsp3) is 0.308. The molecule has 4 aromatic rings. The molecular weight excluding hydrogens is 428 g/mol. The number of benzene rings is 1. The molecule has 0 unspecified atom stereocenters. The van der Waals surface area contributed by atoms with E-state index in [2.05, 4.69) is 27.5 Å². The Kier molecular flexibility index (Phi) is 5.88. The Morgan fingerprint density at radius 1 is 1.15 bits per heavy atom. The lowest BCUT2D eigenvalue weighted by Gasteiger charge is -2.31. The second-order valence-corrected chi connectivity index (χ2v) is 8.68. The Bertz CT molecular complexity index is 1340. The zero-order valence-electron chi connectivity index (χ0n) is 19.7. The third-order valence-corrected chi connectivity index (χ3v) is 6.54. The standard InChI is InChI=1S/C26H28N6O2/c1-17-15-27-26(30-25(17)21-16-28-32-11-5-4-6-23(21)32)29-22-8-7-20(14-24(22)34-3)19-9-12-31(13-10-19)18(2)33/h4-8,11,14-16,19H,9-10,12-13H2,1-3H3,(H,27,29,30). The first-order valence-electron chi connectivity index (χ1n) is 11.5. The highest BCUT2D eigenvalue weighted by Gasteiger charge is 2.23. The number of aromatic nitrogens is 4. The number of nitrogens with zero attached hydrogens (tertiary/aromatic N) is 5. The normalized spacial score (nSPS) is 14.4. The van der Waals surface area contributed by atoms with Gasteiger partial charge in [0.15, 0.2) is 0 Å². The van der Waals surface area contributed by atoms with E-state index < -0.39 is 0 Å². The fourth-order valence-electron chi connectivity index (χ4n) is 4.61. The topological polar surface area (TPSA) is 84.6 Å². The first kappa shape index (κ1) is 21.9. The second kappa shape index (κ2) is 9.13. The summed E-state index contributed by atoms with van der Waals surface area (Å²) in [4.78, 5) is 22.8. The van der Waals surface area contributed by atoms with Gasteiger partial charge in [-0.05, 0) is 61.1 Å². The van der Waals surface area contributed by atoms with Crippen molar-refractivity contribution in [2.24, 2.45) is 0 Å². The predicted molar refractivity (Wildman–Crippen MR) is 131 cm³/mol. The number of fused-ring (bicyclic) bond motifs is 1. The van der Waals surface area contributed by atoms with Gasteiger partial charge in [0.05, 0.1) is 30.2 Å². The van der Waals surface area contributed by atoms with Crippen LogP contribution in [-0.2, 0) is 4.79 Å². The Balaban J connectivity index is 1.39. The Morgan fingerprint density at radius 3 is 2.74 bits per heavy atom. The smallest absolute Gasteiger partial charge is 0.227 e. The molecule has 1 fully saturated rings. The van der Waals surface area contributed by atoms with E-state index in [-0.39, 0.29) is 5.91 Å². The van der Waals surface area contributed by atoms with Crippen molar-refractivity contribution in [1.82, 2.24) is 24.5 Å². The maximum atomic E-state index is 11.6. The molecule has 8 nitrogen and oxygen atoms in total. The number of aryl methyl sites for hydroxylation is 1. The van der Waals surface area contributed by atoms with Crippen molar-refractivity contribution in [2.45, 2.75) is 32.6 Å². The number of carbonyl (C=O) groups excluding carboxylic acids is 1. The van der Waals surface area contributed by atoms with E-state index in [0.29, 0.717) is 11.9 Å². The molecule has 5 rings (SSSR count). The molecule has 34 heavy (non-hydrogen) atoms. The number of rotatable bonds is 5. The van der Waals surface area contributed by atoms with Gasteiger partial charge in [0, 0.05) is 38.0 Å². The molecule has 1 amide bonds. The Morgan fingerprint density at radius 2 is 1.97 bits per heavy atom.